The molecule has 5 fully saturated rings. The number of ether oxygens (including phenoxy) is 5. The standard InChI is InChI=1S/C32H56O8/c1-30-10-9-23(36-14-4-11-33)19-22(30)20-26(37-15-5-12-34)29-24-7-8-27(32(3)39-17-18-40-32)31(24,2)28(21-25(29)30)38-16-6-13-35/h22-29,33-35H,4-21H2,1-3H3/t22?,23-,24+,25+,26?,27+,28+,29?,30+,31+/m1/s1. The van der Waals surface area contributed by atoms with Crippen molar-refractivity contribution in [3.05, 3.63) is 0 Å². The summed E-state index contributed by atoms with van der Waals surface area (Å²) in [6, 6.07) is 0. The quantitative estimate of drug-likeness (QED) is 0.287. The first-order chi connectivity index (χ1) is 19.3. The maximum atomic E-state index is 9.56. The van der Waals surface area contributed by atoms with Crippen LogP contribution in [0.3, 0.4) is 0 Å². The Balaban J connectivity index is 1.46. The topological polar surface area (TPSA) is 107 Å². The molecule has 3 N–H and O–H groups in total. The fourth-order valence-electron chi connectivity index (χ4n) is 10.2. The molecule has 1 aliphatic heterocycles. The third-order valence-electron chi connectivity index (χ3n) is 12.1. The number of rotatable bonds is 13. The van der Waals surface area contributed by atoms with Crippen LogP contribution in [0.2, 0.25) is 0 Å². The summed E-state index contributed by atoms with van der Waals surface area (Å²) in [6.07, 6.45) is 9.98. The van der Waals surface area contributed by atoms with Crippen molar-refractivity contribution >= 4 is 0 Å². The Bertz CT molecular complexity index is 804. The molecular weight excluding hydrogens is 512 g/mol. The molecule has 0 radical (unpaired) electrons. The first kappa shape index (κ1) is 31.1. The molecule has 0 aromatic carbocycles. The van der Waals surface area contributed by atoms with Crippen molar-refractivity contribution in [3.63, 3.8) is 0 Å². The summed E-state index contributed by atoms with van der Waals surface area (Å²) in [7, 11) is 0. The van der Waals surface area contributed by atoms with Crippen LogP contribution in [0.1, 0.15) is 85.0 Å². The fourth-order valence-corrected chi connectivity index (χ4v) is 10.2. The van der Waals surface area contributed by atoms with Gasteiger partial charge >= 0.3 is 0 Å². The summed E-state index contributed by atoms with van der Waals surface area (Å²) < 4.78 is 32.3. The van der Waals surface area contributed by atoms with Crippen molar-refractivity contribution in [2.75, 3.05) is 52.9 Å². The highest BCUT2D eigenvalue weighted by Crippen LogP contribution is 2.70. The number of fused-ring (bicyclic) bond motifs is 5. The lowest BCUT2D eigenvalue weighted by Crippen LogP contribution is -2.64. The van der Waals surface area contributed by atoms with Crippen LogP contribution in [-0.4, -0.2) is 92.3 Å². The monoisotopic (exact) mass is 568 g/mol. The van der Waals surface area contributed by atoms with Crippen molar-refractivity contribution in [3.8, 4) is 0 Å². The molecule has 0 aromatic rings. The summed E-state index contributed by atoms with van der Waals surface area (Å²) in [6.45, 7) is 10.7. The van der Waals surface area contributed by atoms with Crippen molar-refractivity contribution in [1.29, 1.82) is 0 Å². The van der Waals surface area contributed by atoms with Crippen LogP contribution in [-0.2, 0) is 23.7 Å². The van der Waals surface area contributed by atoms with Gasteiger partial charge in [0.1, 0.15) is 0 Å². The van der Waals surface area contributed by atoms with E-state index in [1.165, 1.54) is 0 Å². The van der Waals surface area contributed by atoms with E-state index >= 15 is 0 Å². The highest BCUT2D eigenvalue weighted by molar-refractivity contribution is 5.16. The van der Waals surface area contributed by atoms with Gasteiger partial charge in [-0.2, -0.15) is 0 Å². The fraction of sp³-hybridized carbons (Fsp3) is 1.00. The summed E-state index contributed by atoms with van der Waals surface area (Å²) >= 11 is 0. The molecule has 8 heteroatoms. The lowest BCUT2D eigenvalue weighted by Gasteiger charge is -2.65. The molecule has 4 saturated carbocycles. The minimum Gasteiger partial charge on any atom is -0.396 e. The van der Waals surface area contributed by atoms with Crippen LogP contribution in [0.15, 0.2) is 0 Å². The normalized spacial score (nSPS) is 44.2. The molecule has 5 rings (SSSR count). The van der Waals surface area contributed by atoms with E-state index in [9.17, 15) is 15.3 Å². The summed E-state index contributed by atoms with van der Waals surface area (Å²) in [5, 5.41) is 28.3. The van der Waals surface area contributed by atoms with Crippen molar-refractivity contribution < 1.29 is 39.0 Å². The molecular formula is C32H56O8. The van der Waals surface area contributed by atoms with Gasteiger partial charge in [0, 0.05) is 51.0 Å². The van der Waals surface area contributed by atoms with E-state index in [1.54, 1.807) is 0 Å². The highest BCUT2D eigenvalue weighted by atomic mass is 16.7. The minimum absolute atomic E-state index is 0.0784. The SMILES string of the molecule is CC1([C@H]2CC[C@H]3C4C(OCCCO)CC5C[C@H](OCCCO)CC[C@]5(C)[C@H]4C[C@H](OCCCO)[C@]23C)OCCO1. The van der Waals surface area contributed by atoms with E-state index in [0.717, 1.165) is 44.9 Å². The van der Waals surface area contributed by atoms with Gasteiger partial charge in [0.05, 0.1) is 31.5 Å². The molecule has 0 bridgehead atoms. The second kappa shape index (κ2) is 13.1. The first-order valence-corrected chi connectivity index (χ1v) is 16.3. The molecule has 0 amide bonds. The van der Waals surface area contributed by atoms with Crippen LogP contribution < -0.4 is 0 Å². The number of hydrogen-bond acceptors (Lipinski definition) is 8. The van der Waals surface area contributed by atoms with E-state index in [2.05, 4.69) is 20.8 Å². The Labute approximate surface area is 241 Å². The van der Waals surface area contributed by atoms with E-state index in [-0.39, 0.29) is 54.9 Å². The van der Waals surface area contributed by atoms with Crippen LogP contribution in [0, 0.1) is 40.4 Å². The molecule has 1 heterocycles. The third kappa shape index (κ3) is 5.66. The molecule has 3 unspecified atom stereocenters. The predicted molar refractivity (Wildman–Crippen MR) is 151 cm³/mol. The lowest BCUT2D eigenvalue weighted by atomic mass is 9.43. The average molecular weight is 569 g/mol. The molecule has 232 valence electrons. The molecule has 40 heavy (non-hydrogen) atoms. The zero-order valence-corrected chi connectivity index (χ0v) is 25.2. The number of aliphatic hydroxyl groups is 3. The van der Waals surface area contributed by atoms with Gasteiger partial charge in [-0.05, 0) is 100 Å². The minimum atomic E-state index is -0.590. The Morgan fingerprint density at radius 2 is 1.38 bits per heavy atom. The van der Waals surface area contributed by atoms with Crippen LogP contribution >= 0.6 is 0 Å². The van der Waals surface area contributed by atoms with Gasteiger partial charge in [-0.1, -0.05) is 13.8 Å². The molecule has 4 aliphatic carbocycles. The second-order valence-corrected chi connectivity index (χ2v) is 13.9. The smallest absolute Gasteiger partial charge is 0.169 e. The Morgan fingerprint density at radius 1 is 0.725 bits per heavy atom. The van der Waals surface area contributed by atoms with Crippen LogP contribution in [0.25, 0.3) is 0 Å². The average Bonchev–Trinajstić information content (AvgIpc) is 3.54. The zero-order chi connectivity index (χ0) is 28.4. The molecule has 1 saturated heterocycles. The number of hydrogen-bond donors (Lipinski definition) is 3. The van der Waals surface area contributed by atoms with Gasteiger partial charge < -0.3 is 39.0 Å². The Morgan fingerprint density at radius 3 is 2.05 bits per heavy atom. The van der Waals surface area contributed by atoms with Crippen LogP contribution in [0.4, 0.5) is 0 Å². The summed E-state index contributed by atoms with van der Waals surface area (Å²) in [5.41, 5.74) is 0.0860. The van der Waals surface area contributed by atoms with E-state index in [0.29, 0.717) is 76.0 Å². The molecule has 0 spiro atoms. The van der Waals surface area contributed by atoms with Gasteiger partial charge in [-0.3, -0.25) is 0 Å². The summed E-state index contributed by atoms with van der Waals surface area (Å²) in [4.78, 5) is 0. The Kier molecular flexibility index (Phi) is 10.2. The molecule has 5 aliphatic rings. The van der Waals surface area contributed by atoms with E-state index in [4.69, 9.17) is 23.7 Å². The largest absolute Gasteiger partial charge is 0.396 e. The first-order valence-electron chi connectivity index (χ1n) is 16.3. The third-order valence-corrected chi connectivity index (χ3v) is 12.1. The predicted octanol–water partition coefficient (Wildman–Crippen LogP) is 3.93. The van der Waals surface area contributed by atoms with E-state index in [1.807, 2.05) is 0 Å². The second-order valence-electron chi connectivity index (χ2n) is 13.9. The van der Waals surface area contributed by atoms with Crippen molar-refractivity contribution in [2.45, 2.75) is 109 Å². The maximum Gasteiger partial charge on any atom is 0.169 e. The summed E-state index contributed by atoms with van der Waals surface area (Å²) in [5.74, 6) is 1.52. The van der Waals surface area contributed by atoms with Gasteiger partial charge in [0.25, 0.3) is 0 Å². The van der Waals surface area contributed by atoms with E-state index < -0.39 is 5.79 Å². The lowest BCUT2D eigenvalue weighted by molar-refractivity contribution is -0.262. The van der Waals surface area contributed by atoms with Crippen LogP contribution in [0.5, 0.6) is 0 Å². The van der Waals surface area contributed by atoms with Crippen molar-refractivity contribution in [1.82, 2.24) is 0 Å². The van der Waals surface area contributed by atoms with Gasteiger partial charge in [-0.25, -0.2) is 0 Å². The van der Waals surface area contributed by atoms with Gasteiger partial charge in [0.2, 0.25) is 0 Å². The van der Waals surface area contributed by atoms with Gasteiger partial charge in [-0.15, -0.1) is 0 Å². The number of aliphatic hydroxyl groups excluding tert-OH is 3. The maximum absolute atomic E-state index is 9.56. The molecule has 8 nitrogen and oxygen atoms in total. The highest BCUT2D eigenvalue weighted by Gasteiger charge is 2.69. The molecule has 0 aromatic heterocycles. The Hall–Kier alpha value is -0.320. The van der Waals surface area contributed by atoms with Gasteiger partial charge in [0.15, 0.2) is 5.79 Å². The molecule has 10 atom stereocenters. The zero-order valence-electron chi connectivity index (χ0n) is 25.2. The van der Waals surface area contributed by atoms with Crippen molar-refractivity contribution in [2.24, 2.45) is 40.4 Å².